The number of carbonyl (C=O) groups is 1. The van der Waals surface area contributed by atoms with Crippen molar-refractivity contribution in [1.82, 2.24) is 0 Å². The van der Waals surface area contributed by atoms with E-state index >= 15 is 0 Å². The maximum atomic E-state index is 10.1. The summed E-state index contributed by atoms with van der Waals surface area (Å²) in [6.45, 7) is 1.92. The van der Waals surface area contributed by atoms with Crippen LogP contribution in [0.15, 0.2) is 0 Å². The quantitative estimate of drug-likeness (QED) is 0.574. The van der Waals surface area contributed by atoms with Crippen molar-refractivity contribution in [2.45, 2.75) is 25.1 Å². The summed E-state index contributed by atoms with van der Waals surface area (Å²) in [6, 6.07) is 0. The van der Waals surface area contributed by atoms with E-state index in [0.29, 0.717) is 0 Å². The summed E-state index contributed by atoms with van der Waals surface area (Å²) in [5.74, 6) is -0.327. The molecular formula is C5H10ClNO. The van der Waals surface area contributed by atoms with Crippen LogP contribution in [0.5, 0.6) is 0 Å². The topological polar surface area (TPSA) is 43.1 Å². The van der Waals surface area contributed by atoms with Gasteiger partial charge < -0.3 is 5.73 Å². The Morgan fingerprint density at radius 3 is 2.50 bits per heavy atom. The first-order valence-electron chi connectivity index (χ1n) is 2.59. The lowest BCUT2D eigenvalue weighted by atomic mass is 10.2. The van der Waals surface area contributed by atoms with Gasteiger partial charge in [-0.3, -0.25) is 4.79 Å². The molecule has 0 aromatic heterocycles. The summed E-state index contributed by atoms with van der Waals surface area (Å²) in [4.78, 5) is 10.1. The van der Waals surface area contributed by atoms with Gasteiger partial charge in [-0.1, -0.05) is 6.92 Å². The van der Waals surface area contributed by atoms with Crippen molar-refractivity contribution >= 4 is 17.5 Å². The molecule has 1 amide bonds. The van der Waals surface area contributed by atoms with Gasteiger partial charge in [-0.05, 0) is 6.42 Å². The number of primary amides is 1. The highest BCUT2D eigenvalue weighted by Gasteiger charge is 2.03. The molecule has 0 aliphatic carbocycles. The highest BCUT2D eigenvalue weighted by Crippen LogP contribution is 2.04. The van der Waals surface area contributed by atoms with Crippen molar-refractivity contribution in [1.29, 1.82) is 0 Å². The number of carbonyl (C=O) groups excluding carboxylic acids is 1. The number of nitrogens with two attached hydrogens (primary N) is 1. The molecule has 8 heavy (non-hydrogen) atoms. The third kappa shape index (κ3) is 3.93. The maximum absolute atomic E-state index is 10.1. The number of amides is 1. The molecule has 0 aliphatic rings. The molecule has 0 heterocycles. The molecule has 0 radical (unpaired) electrons. The summed E-state index contributed by atoms with van der Waals surface area (Å²) in [5, 5.41) is -0.0764. The van der Waals surface area contributed by atoms with Crippen molar-refractivity contribution in [3.8, 4) is 0 Å². The van der Waals surface area contributed by atoms with E-state index in [1.165, 1.54) is 0 Å². The van der Waals surface area contributed by atoms with E-state index in [4.69, 9.17) is 17.3 Å². The van der Waals surface area contributed by atoms with Crippen molar-refractivity contribution in [2.75, 3.05) is 0 Å². The van der Waals surface area contributed by atoms with Gasteiger partial charge in [0.05, 0.1) is 0 Å². The second kappa shape index (κ2) is 3.72. The summed E-state index contributed by atoms with van der Waals surface area (Å²) < 4.78 is 0. The van der Waals surface area contributed by atoms with Crippen LogP contribution in [-0.4, -0.2) is 11.3 Å². The van der Waals surface area contributed by atoms with E-state index < -0.39 is 0 Å². The zero-order chi connectivity index (χ0) is 6.57. The molecule has 48 valence electrons. The van der Waals surface area contributed by atoms with Crippen molar-refractivity contribution < 1.29 is 4.79 Å². The Morgan fingerprint density at radius 2 is 2.38 bits per heavy atom. The minimum Gasteiger partial charge on any atom is -0.370 e. The van der Waals surface area contributed by atoms with E-state index in [2.05, 4.69) is 0 Å². The van der Waals surface area contributed by atoms with Gasteiger partial charge in [0, 0.05) is 11.8 Å². The van der Waals surface area contributed by atoms with E-state index in [1.54, 1.807) is 0 Å². The smallest absolute Gasteiger partial charge is 0.218 e. The van der Waals surface area contributed by atoms with Gasteiger partial charge >= 0.3 is 0 Å². The molecule has 0 rings (SSSR count). The average Bonchev–Trinajstić information content (AvgIpc) is 1.65. The van der Waals surface area contributed by atoms with Crippen molar-refractivity contribution in [3.05, 3.63) is 0 Å². The lowest BCUT2D eigenvalue weighted by Crippen LogP contribution is -2.15. The SMILES string of the molecule is CC[C@H](Cl)CC(N)=O. The molecule has 0 unspecified atom stereocenters. The first-order chi connectivity index (χ1) is 3.66. The largest absolute Gasteiger partial charge is 0.370 e. The van der Waals surface area contributed by atoms with Gasteiger partial charge in [-0.2, -0.15) is 0 Å². The van der Waals surface area contributed by atoms with Gasteiger partial charge in [0.15, 0.2) is 0 Å². The number of rotatable bonds is 3. The Bertz CT molecular complexity index is 84.5. The van der Waals surface area contributed by atoms with E-state index in [-0.39, 0.29) is 17.7 Å². The molecule has 0 aromatic rings. The van der Waals surface area contributed by atoms with Crippen LogP contribution in [-0.2, 0) is 4.79 Å². The number of hydrogen-bond acceptors (Lipinski definition) is 1. The van der Waals surface area contributed by atoms with Crippen LogP contribution in [0.4, 0.5) is 0 Å². The van der Waals surface area contributed by atoms with Gasteiger partial charge in [0.1, 0.15) is 0 Å². The third-order valence-electron chi connectivity index (χ3n) is 0.866. The van der Waals surface area contributed by atoms with Gasteiger partial charge in [0.25, 0.3) is 0 Å². The molecule has 2 N–H and O–H groups in total. The van der Waals surface area contributed by atoms with E-state index in [9.17, 15) is 4.79 Å². The Balaban J connectivity index is 3.24. The fourth-order valence-corrected chi connectivity index (χ4v) is 0.515. The predicted molar refractivity (Wildman–Crippen MR) is 33.7 cm³/mol. The highest BCUT2D eigenvalue weighted by molar-refractivity contribution is 6.21. The molecule has 0 aromatic carbocycles. The second-order valence-corrected chi connectivity index (χ2v) is 2.29. The van der Waals surface area contributed by atoms with Gasteiger partial charge in [-0.25, -0.2) is 0 Å². The molecule has 0 saturated carbocycles. The fourth-order valence-electron chi connectivity index (χ4n) is 0.363. The zero-order valence-corrected chi connectivity index (χ0v) is 5.61. The predicted octanol–water partition coefficient (Wildman–Crippen LogP) is 0.879. The van der Waals surface area contributed by atoms with Crippen LogP contribution >= 0.6 is 11.6 Å². The highest BCUT2D eigenvalue weighted by atomic mass is 35.5. The molecule has 3 heteroatoms. The molecule has 2 nitrogen and oxygen atoms in total. The average molecular weight is 136 g/mol. The van der Waals surface area contributed by atoms with Gasteiger partial charge in [0.2, 0.25) is 5.91 Å². The van der Waals surface area contributed by atoms with Crippen LogP contribution in [0.3, 0.4) is 0 Å². The van der Waals surface area contributed by atoms with Crippen molar-refractivity contribution in [3.63, 3.8) is 0 Å². The van der Waals surface area contributed by atoms with Crippen LogP contribution in [0.2, 0.25) is 0 Å². The Morgan fingerprint density at radius 1 is 1.88 bits per heavy atom. The second-order valence-electron chi connectivity index (χ2n) is 1.68. The monoisotopic (exact) mass is 135 g/mol. The maximum Gasteiger partial charge on any atom is 0.218 e. The van der Waals surface area contributed by atoms with Crippen molar-refractivity contribution in [2.24, 2.45) is 5.73 Å². The number of hydrogen-bond donors (Lipinski definition) is 1. The minimum absolute atomic E-state index is 0.0764. The van der Waals surface area contributed by atoms with Crippen LogP contribution in [0, 0.1) is 0 Å². The van der Waals surface area contributed by atoms with Gasteiger partial charge in [-0.15, -0.1) is 11.6 Å². The molecule has 0 aliphatic heterocycles. The lowest BCUT2D eigenvalue weighted by Gasteiger charge is -1.99. The standard InChI is InChI=1S/C5H10ClNO/c1-2-4(6)3-5(7)8/h4H,2-3H2,1H3,(H2,7,8)/t4-/m0/s1. The minimum atomic E-state index is -0.327. The summed E-state index contributed by atoms with van der Waals surface area (Å²) >= 11 is 5.56. The number of halogens is 1. The molecule has 0 saturated heterocycles. The zero-order valence-electron chi connectivity index (χ0n) is 4.86. The Hall–Kier alpha value is -0.240. The number of alkyl halides is 1. The Labute approximate surface area is 54.0 Å². The summed E-state index contributed by atoms with van der Waals surface area (Å²) in [7, 11) is 0. The first kappa shape index (κ1) is 7.76. The molecule has 0 spiro atoms. The fraction of sp³-hybridized carbons (Fsp3) is 0.800. The van der Waals surface area contributed by atoms with E-state index in [0.717, 1.165) is 6.42 Å². The van der Waals surface area contributed by atoms with E-state index in [1.807, 2.05) is 6.92 Å². The summed E-state index contributed by atoms with van der Waals surface area (Å²) in [5.41, 5.74) is 4.85. The van der Waals surface area contributed by atoms with Crippen LogP contribution in [0.1, 0.15) is 19.8 Å². The molecule has 1 atom stereocenters. The Kier molecular flexibility index (Phi) is 3.61. The summed E-state index contributed by atoms with van der Waals surface area (Å²) in [6.07, 6.45) is 1.09. The molecule has 0 fully saturated rings. The third-order valence-corrected chi connectivity index (χ3v) is 1.33. The van der Waals surface area contributed by atoms with Crippen LogP contribution in [0.25, 0.3) is 0 Å². The van der Waals surface area contributed by atoms with Crippen LogP contribution < -0.4 is 5.73 Å². The first-order valence-corrected chi connectivity index (χ1v) is 3.02. The normalized spacial score (nSPS) is 13.2. The lowest BCUT2D eigenvalue weighted by molar-refractivity contribution is -0.118. The molecular weight excluding hydrogens is 126 g/mol. The molecule has 0 bridgehead atoms.